The van der Waals surface area contributed by atoms with E-state index in [-0.39, 0.29) is 36.8 Å². The number of aliphatic carboxylic acids is 1. The second kappa shape index (κ2) is 11.4. The van der Waals surface area contributed by atoms with E-state index in [0.717, 1.165) is 22.3 Å². The van der Waals surface area contributed by atoms with Crippen molar-refractivity contribution in [3.8, 4) is 11.1 Å². The summed E-state index contributed by atoms with van der Waals surface area (Å²) in [6.07, 6.45) is 0.334. The first-order chi connectivity index (χ1) is 16.6. The van der Waals surface area contributed by atoms with Crippen molar-refractivity contribution in [2.75, 3.05) is 13.2 Å². The molecule has 35 heavy (non-hydrogen) atoms. The number of alkyl carbamates (subject to hydrolysis) is 1. The molecule has 3 rings (SSSR count). The van der Waals surface area contributed by atoms with E-state index in [0.29, 0.717) is 12.8 Å². The van der Waals surface area contributed by atoms with Crippen LogP contribution < -0.4 is 10.6 Å². The van der Waals surface area contributed by atoms with Crippen molar-refractivity contribution >= 4 is 18.0 Å². The van der Waals surface area contributed by atoms with Gasteiger partial charge in [-0.15, -0.1) is 0 Å². The van der Waals surface area contributed by atoms with Crippen molar-refractivity contribution in [3.63, 3.8) is 0 Å². The van der Waals surface area contributed by atoms with Crippen LogP contribution in [0.4, 0.5) is 4.79 Å². The summed E-state index contributed by atoms with van der Waals surface area (Å²) >= 11 is 0. The lowest BCUT2D eigenvalue weighted by Crippen LogP contribution is -2.45. The summed E-state index contributed by atoms with van der Waals surface area (Å²) in [7, 11) is 0. The van der Waals surface area contributed by atoms with Gasteiger partial charge in [0.25, 0.3) is 0 Å². The molecule has 188 valence electrons. The number of benzene rings is 2. The van der Waals surface area contributed by atoms with Crippen molar-refractivity contribution in [1.29, 1.82) is 0 Å². The zero-order chi connectivity index (χ0) is 25.6. The maximum atomic E-state index is 12.8. The Morgan fingerprint density at radius 1 is 1.00 bits per heavy atom. The molecule has 2 amide bonds. The summed E-state index contributed by atoms with van der Waals surface area (Å²) in [5.74, 6) is -1.73. The van der Waals surface area contributed by atoms with Gasteiger partial charge in [0.1, 0.15) is 6.61 Å². The van der Waals surface area contributed by atoms with Gasteiger partial charge in [0.15, 0.2) is 0 Å². The maximum absolute atomic E-state index is 12.8. The highest BCUT2D eigenvalue weighted by Crippen LogP contribution is 2.44. The van der Waals surface area contributed by atoms with Gasteiger partial charge >= 0.3 is 12.1 Å². The minimum atomic E-state index is -0.954. The fourth-order valence-corrected chi connectivity index (χ4v) is 4.72. The summed E-state index contributed by atoms with van der Waals surface area (Å²) in [5.41, 5.74) is 4.46. The molecule has 0 radical (unpaired) electrons. The third-order valence-corrected chi connectivity index (χ3v) is 6.33. The van der Waals surface area contributed by atoms with Crippen LogP contribution >= 0.6 is 0 Å². The van der Waals surface area contributed by atoms with E-state index in [1.165, 1.54) is 0 Å². The topological polar surface area (TPSA) is 105 Å². The van der Waals surface area contributed by atoms with Gasteiger partial charge < -0.3 is 20.5 Å². The lowest BCUT2D eigenvalue weighted by molar-refractivity contribution is -0.138. The van der Waals surface area contributed by atoms with Gasteiger partial charge in [-0.1, -0.05) is 76.2 Å². The largest absolute Gasteiger partial charge is 0.481 e. The van der Waals surface area contributed by atoms with Gasteiger partial charge in [-0.2, -0.15) is 0 Å². The number of rotatable bonds is 10. The van der Waals surface area contributed by atoms with Crippen LogP contribution in [0, 0.1) is 11.3 Å². The van der Waals surface area contributed by atoms with Crippen molar-refractivity contribution in [2.24, 2.45) is 11.3 Å². The number of hydrogen-bond donors (Lipinski definition) is 3. The molecule has 0 aromatic heterocycles. The van der Waals surface area contributed by atoms with Crippen molar-refractivity contribution in [2.45, 2.75) is 58.9 Å². The first kappa shape index (κ1) is 26.3. The Kier molecular flexibility index (Phi) is 8.54. The number of fused-ring (bicyclic) bond motifs is 3. The van der Waals surface area contributed by atoms with Gasteiger partial charge in [0.2, 0.25) is 5.91 Å². The summed E-state index contributed by atoms with van der Waals surface area (Å²) < 4.78 is 5.55. The second-order valence-corrected chi connectivity index (χ2v) is 10.4. The zero-order valence-electron chi connectivity index (χ0n) is 21.0. The molecule has 2 unspecified atom stereocenters. The molecule has 0 saturated carbocycles. The second-order valence-electron chi connectivity index (χ2n) is 10.4. The highest BCUT2D eigenvalue weighted by Gasteiger charge is 2.29. The maximum Gasteiger partial charge on any atom is 0.407 e. The van der Waals surface area contributed by atoms with Crippen molar-refractivity contribution < 1.29 is 24.2 Å². The predicted molar refractivity (Wildman–Crippen MR) is 135 cm³/mol. The average Bonchev–Trinajstić information content (AvgIpc) is 3.10. The number of carbonyl (C=O) groups excluding carboxylic acids is 2. The first-order valence-corrected chi connectivity index (χ1v) is 12.2. The van der Waals surface area contributed by atoms with Gasteiger partial charge in [0.05, 0.1) is 12.3 Å². The number of carbonyl (C=O) groups is 3. The monoisotopic (exact) mass is 480 g/mol. The van der Waals surface area contributed by atoms with Crippen molar-refractivity contribution in [3.05, 3.63) is 59.7 Å². The number of carboxylic acid groups (broad SMARTS) is 1. The summed E-state index contributed by atoms with van der Waals surface area (Å²) in [5, 5.41) is 14.8. The first-order valence-electron chi connectivity index (χ1n) is 12.2. The van der Waals surface area contributed by atoms with E-state index in [4.69, 9.17) is 4.74 Å². The molecule has 0 aliphatic heterocycles. The fraction of sp³-hybridized carbons (Fsp3) is 0.464. The average molecular weight is 481 g/mol. The Morgan fingerprint density at radius 2 is 1.57 bits per heavy atom. The standard InChI is InChI=1S/C28H36N2O5/c1-5-18(26(33)30-19(14-25(31)32)15-28(2,3)4)16-29-27(34)35-17-24-22-12-8-6-10-20(22)21-11-7-9-13-23(21)24/h6-13,18-19,24H,5,14-17H2,1-4H3,(H,29,34)(H,30,33)(H,31,32). The number of nitrogens with one attached hydrogen (secondary N) is 2. The van der Waals surface area contributed by atoms with E-state index in [1.54, 1.807) is 0 Å². The van der Waals surface area contributed by atoms with Gasteiger partial charge in [-0.3, -0.25) is 9.59 Å². The van der Waals surface area contributed by atoms with E-state index in [9.17, 15) is 19.5 Å². The molecule has 0 spiro atoms. The molecular formula is C28H36N2O5. The minimum Gasteiger partial charge on any atom is -0.481 e. The van der Waals surface area contributed by atoms with Crippen LogP contribution in [0.1, 0.15) is 64.0 Å². The molecule has 7 heteroatoms. The number of ether oxygens (including phenoxy) is 1. The molecular weight excluding hydrogens is 444 g/mol. The predicted octanol–water partition coefficient (Wildman–Crippen LogP) is 4.95. The smallest absolute Gasteiger partial charge is 0.407 e. The van der Waals surface area contributed by atoms with Crippen LogP contribution in [-0.4, -0.2) is 42.3 Å². The van der Waals surface area contributed by atoms with Crippen molar-refractivity contribution in [1.82, 2.24) is 10.6 Å². The van der Waals surface area contributed by atoms with E-state index in [2.05, 4.69) is 34.9 Å². The molecule has 2 aromatic carbocycles. The molecule has 3 N–H and O–H groups in total. The zero-order valence-corrected chi connectivity index (χ0v) is 21.0. The number of amides is 2. The molecule has 2 atom stereocenters. The summed E-state index contributed by atoms with van der Waals surface area (Å²) in [6, 6.07) is 15.8. The Bertz CT molecular complexity index is 1010. The summed E-state index contributed by atoms with van der Waals surface area (Å²) in [4.78, 5) is 36.5. The van der Waals surface area contributed by atoms with Crippen LogP contribution in [0.3, 0.4) is 0 Å². The van der Waals surface area contributed by atoms with E-state index >= 15 is 0 Å². The molecule has 0 heterocycles. The molecule has 1 aliphatic rings. The fourth-order valence-electron chi connectivity index (χ4n) is 4.72. The molecule has 0 bridgehead atoms. The Hall–Kier alpha value is -3.35. The molecule has 1 aliphatic carbocycles. The third-order valence-electron chi connectivity index (χ3n) is 6.33. The van der Waals surface area contributed by atoms with Crippen LogP contribution in [0.2, 0.25) is 0 Å². The SMILES string of the molecule is CCC(CNC(=O)OCC1c2ccccc2-c2ccccc21)C(=O)NC(CC(=O)O)CC(C)(C)C. The minimum absolute atomic E-state index is 0.0346. The molecule has 2 aromatic rings. The lowest BCUT2D eigenvalue weighted by Gasteiger charge is -2.27. The van der Waals surface area contributed by atoms with Crippen LogP contribution in [-0.2, 0) is 14.3 Å². The van der Waals surface area contributed by atoms with E-state index < -0.39 is 24.0 Å². The third kappa shape index (κ3) is 7.07. The number of hydrogen-bond acceptors (Lipinski definition) is 4. The quantitative estimate of drug-likeness (QED) is 0.446. The van der Waals surface area contributed by atoms with Gasteiger partial charge in [0, 0.05) is 18.5 Å². The molecule has 7 nitrogen and oxygen atoms in total. The number of carboxylic acids is 1. The highest BCUT2D eigenvalue weighted by molar-refractivity contribution is 5.81. The van der Waals surface area contributed by atoms with Gasteiger partial charge in [-0.05, 0) is 40.5 Å². The lowest BCUT2D eigenvalue weighted by atomic mass is 9.86. The highest BCUT2D eigenvalue weighted by atomic mass is 16.5. The Morgan fingerprint density at radius 3 is 2.09 bits per heavy atom. The normalized spacial score (nSPS) is 14.4. The van der Waals surface area contributed by atoms with Crippen LogP contribution in [0.25, 0.3) is 11.1 Å². The molecule has 0 fully saturated rings. The summed E-state index contributed by atoms with van der Waals surface area (Å²) in [6.45, 7) is 8.20. The Labute approximate surface area is 207 Å². The molecule has 0 saturated heterocycles. The Balaban J connectivity index is 1.55. The van der Waals surface area contributed by atoms with Gasteiger partial charge in [-0.25, -0.2) is 4.79 Å². The van der Waals surface area contributed by atoms with Crippen LogP contribution in [0.15, 0.2) is 48.5 Å². The van der Waals surface area contributed by atoms with Crippen LogP contribution in [0.5, 0.6) is 0 Å². The van der Waals surface area contributed by atoms with E-state index in [1.807, 2.05) is 52.0 Å².